The Balaban J connectivity index is 3.46. The fraction of sp³-hybridized carbons (Fsp3) is 0.562. The van der Waals surface area contributed by atoms with E-state index in [4.69, 9.17) is 14.3 Å². The number of H-pyrrole nitrogens is 1. The van der Waals surface area contributed by atoms with E-state index >= 15 is 0 Å². The van der Waals surface area contributed by atoms with Crippen LogP contribution in [0.1, 0.15) is 27.2 Å². The molecule has 1 aromatic rings. The molecule has 2 atom stereocenters. The van der Waals surface area contributed by atoms with Gasteiger partial charge in [-0.3, -0.25) is 14.6 Å². The molecule has 1 heterocycles. The number of likely N-dealkylation sites (N-methyl/N-ethyl adjacent to an activating group) is 1. The van der Waals surface area contributed by atoms with E-state index in [1.165, 1.54) is 13.2 Å². The van der Waals surface area contributed by atoms with Crippen LogP contribution in [0, 0.1) is 0 Å². The molecule has 12 heteroatoms. The Hall–Kier alpha value is -2.44. The van der Waals surface area contributed by atoms with Crippen molar-refractivity contribution in [2.24, 2.45) is 0 Å². The van der Waals surface area contributed by atoms with Crippen LogP contribution in [0.4, 0.5) is 0 Å². The van der Waals surface area contributed by atoms with Gasteiger partial charge in [0.25, 0.3) is 5.56 Å². The second-order valence-electron chi connectivity index (χ2n) is 6.93. The highest BCUT2D eigenvalue weighted by Gasteiger charge is 2.54. The molecule has 1 unspecified atom stereocenters. The van der Waals surface area contributed by atoms with Crippen molar-refractivity contribution < 1.29 is 41.5 Å². The minimum atomic E-state index is -4.71. The molecule has 0 amide bonds. The minimum absolute atomic E-state index is 0.0131. The number of esters is 1. The number of aromatic amines is 1. The third-order valence-corrected chi connectivity index (χ3v) is 6.05. The van der Waals surface area contributed by atoms with Gasteiger partial charge >= 0.3 is 22.0 Å². The van der Waals surface area contributed by atoms with Crippen molar-refractivity contribution in [3.05, 3.63) is 22.5 Å². The van der Waals surface area contributed by atoms with Crippen molar-refractivity contribution in [3.63, 3.8) is 0 Å². The van der Waals surface area contributed by atoms with Crippen LogP contribution in [0.2, 0.25) is 0 Å². The topological polar surface area (TPSA) is 149 Å². The van der Waals surface area contributed by atoms with Gasteiger partial charge in [-0.2, -0.15) is 13.3 Å². The van der Waals surface area contributed by atoms with Crippen molar-refractivity contribution in [2.45, 2.75) is 43.7 Å². The lowest BCUT2D eigenvalue weighted by atomic mass is 10.1. The van der Waals surface area contributed by atoms with E-state index in [1.807, 2.05) is 0 Å². The number of aromatic nitrogens is 1. The Morgan fingerprint density at radius 3 is 2.21 bits per heavy atom. The van der Waals surface area contributed by atoms with E-state index in [0.29, 0.717) is 0 Å². The van der Waals surface area contributed by atoms with Crippen LogP contribution in [0.3, 0.4) is 0 Å². The number of methoxy groups -OCH3 is 1. The summed E-state index contributed by atoms with van der Waals surface area (Å²) in [5.41, 5.74) is -1.93. The third kappa shape index (κ3) is 4.88. The summed E-state index contributed by atoms with van der Waals surface area (Å²) in [6.07, 6.45) is -0.801. The van der Waals surface area contributed by atoms with Crippen LogP contribution in [0.15, 0.2) is 21.8 Å². The number of carbonyl (C=O) groups excluding carboxylic acids is 1. The molecule has 0 aliphatic heterocycles. The summed E-state index contributed by atoms with van der Waals surface area (Å²) in [5, 5.41) is 9.58. The van der Waals surface area contributed by atoms with Gasteiger partial charge in [0.15, 0.2) is 10.8 Å². The maximum Gasteiger partial charge on any atom is 0.367 e. The molecule has 0 bridgehead atoms. The number of nitrogens with zero attached hydrogens (tertiary/aromatic N) is 1. The van der Waals surface area contributed by atoms with Crippen molar-refractivity contribution in [1.29, 1.82) is 0 Å². The van der Waals surface area contributed by atoms with E-state index in [1.54, 1.807) is 20.8 Å². The predicted molar refractivity (Wildman–Crippen MR) is 95.9 cm³/mol. The van der Waals surface area contributed by atoms with Gasteiger partial charge in [0.05, 0.1) is 14.2 Å². The summed E-state index contributed by atoms with van der Waals surface area (Å²) >= 11 is 0. The molecule has 0 saturated carbocycles. The molecule has 1 rings (SSSR count). The van der Waals surface area contributed by atoms with Gasteiger partial charge < -0.3 is 14.6 Å². The first-order chi connectivity index (χ1) is 12.7. The number of carboxylic acid groups (broad SMARTS) is 1. The van der Waals surface area contributed by atoms with Crippen molar-refractivity contribution >= 4 is 22.0 Å². The summed E-state index contributed by atoms with van der Waals surface area (Å²) in [6.45, 7) is 4.75. The van der Waals surface area contributed by atoms with Gasteiger partial charge in [-0.25, -0.2) is 4.79 Å². The lowest BCUT2D eigenvalue weighted by molar-refractivity contribution is -0.999. The third-order valence-electron chi connectivity index (χ3n) is 3.82. The summed E-state index contributed by atoms with van der Waals surface area (Å²) in [5.74, 6) is -2.54. The molecule has 0 fully saturated rings. The number of hydrogen-bond donors (Lipinski definition) is 2. The van der Waals surface area contributed by atoms with Crippen LogP contribution in [-0.2, 0) is 29.2 Å². The van der Waals surface area contributed by atoms with Crippen LogP contribution in [-0.4, -0.2) is 67.4 Å². The molecular formula is C16H25N2O9S+. The molecule has 0 radical (unpaired) electrons. The summed E-state index contributed by atoms with van der Waals surface area (Å²) in [6, 6.07) is 0.263. The predicted octanol–water partition coefficient (Wildman–Crippen LogP) is 0.265. The Bertz CT molecular complexity index is 901. The van der Waals surface area contributed by atoms with Crippen molar-refractivity contribution in [2.75, 3.05) is 21.3 Å². The zero-order chi connectivity index (χ0) is 21.9. The number of carbonyl (C=O) groups is 2. The summed E-state index contributed by atoms with van der Waals surface area (Å²) < 4.78 is 34.5. The van der Waals surface area contributed by atoms with Gasteiger partial charge in [0.1, 0.15) is 19.1 Å². The zero-order valence-electron chi connectivity index (χ0n) is 16.5. The summed E-state index contributed by atoms with van der Waals surface area (Å²) in [7, 11) is -1.55. The lowest BCUT2D eigenvalue weighted by Crippen LogP contribution is -2.60. The van der Waals surface area contributed by atoms with Gasteiger partial charge in [-0.05, 0) is 26.8 Å². The normalized spacial score (nSPS) is 15.4. The zero-order valence-corrected chi connectivity index (χ0v) is 17.3. The fourth-order valence-electron chi connectivity index (χ4n) is 2.35. The molecule has 0 spiro atoms. The second kappa shape index (κ2) is 8.29. The highest BCUT2D eigenvalue weighted by molar-refractivity contribution is 7.85. The monoisotopic (exact) mass is 421 g/mol. The first-order valence-electron chi connectivity index (χ1n) is 8.08. The highest BCUT2D eigenvalue weighted by atomic mass is 32.2. The number of sulfonamides is 1. The number of hydrogen-bond acceptors (Lipinski definition) is 8. The lowest BCUT2D eigenvalue weighted by Gasteiger charge is -2.33. The van der Waals surface area contributed by atoms with Crippen LogP contribution in [0.5, 0.6) is 5.88 Å². The number of pyridine rings is 1. The molecule has 28 heavy (non-hydrogen) atoms. The Kier molecular flexibility index (Phi) is 6.98. The van der Waals surface area contributed by atoms with Gasteiger partial charge in [0, 0.05) is 6.07 Å². The Morgan fingerprint density at radius 2 is 1.82 bits per heavy atom. The minimum Gasteiger partial charge on any atom is -0.482 e. The number of aliphatic carboxylic acids is 1. The average molecular weight is 421 g/mol. The molecule has 158 valence electrons. The van der Waals surface area contributed by atoms with Crippen molar-refractivity contribution in [3.8, 4) is 5.88 Å². The number of ether oxygens (including phenoxy) is 2. The molecule has 0 aliphatic carbocycles. The molecular weight excluding hydrogens is 396 g/mol. The number of rotatable bonds is 8. The number of nitrogens with one attached hydrogen (secondary N) is 1. The first kappa shape index (κ1) is 23.6. The van der Waals surface area contributed by atoms with E-state index in [9.17, 15) is 27.9 Å². The molecule has 11 nitrogen and oxygen atoms in total. The smallest absolute Gasteiger partial charge is 0.367 e. The molecule has 0 aromatic carbocycles. The molecule has 0 saturated heterocycles. The van der Waals surface area contributed by atoms with Crippen LogP contribution in [0.25, 0.3) is 0 Å². The number of hydroxylamine groups is 2. The fourth-order valence-corrected chi connectivity index (χ4v) is 3.96. The number of carboxylic acids is 1. The quantitative estimate of drug-likeness (QED) is 0.342. The van der Waals surface area contributed by atoms with E-state index in [2.05, 4.69) is 4.98 Å². The molecule has 0 aliphatic rings. The maximum absolute atomic E-state index is 13.1. The molecule has 1 aromatic heterocycles. The Labute approximate surface area is 162 Å². The first-order valence-corrected chi connectivity index (χ1v) is 9.52. The van der Waals surface area contributed by atoms with Gasteiger partial charge in [0.2, 0.25) is 6.04 Å². The Morgan fingerprint density at radius 1 is 1.25 bits per heavy atom. The molecule has 2 N–H and O–H groups in total. The summed E-state index contributed by atoms with van der Waals surface area (Å²) in [4.78, 5) is 42.6. The van der Waals surface area contributed by atoms with Crippen LogP contribution >= 0.6 is 0 Å². The van der Waals surface area contributed by atoms with Crippen molar-refractivity contribution in [1.82, 2.24) is 4.98 Å². The standard InChI is InChI=1S/C16H24N2O9S/c1-16(2,3)27-13(19)9-10(15(21)22)18(4,26-6)28(23,24)11-7-8-12(25-5)17-14(11)20/h7-8,10H,9H2,1-6H3,(H-,17,20,21,22)/p+1/t10?,18-/m0/s1. The maximum atomic E-state index is 13.1. The number of quaternary nitrogens is 1. The SMILES string of the molecule is COc1ccc(S(=O)(=O)[N@+](C)(OC)C(CC(=O)OC(C)(C)C)C(=O)O)c(=O)[nH]1. The largest absolute Gasteiger partial charge is 0.482 e. The second-order valence-corrected chi connectivity index (χ2v) is 9.05. The van der Waals surface area contributed by atoms with E-state index in [-0.39, 0.29) is 5.88 Å². The van der Waals surface area contributed by atoms with E-state index < -0.39 is 54.5 Å². The highest BCUT2D eigenvalue weighted by Crippen LogP contribution is 2.27. The van der Waals surface area contributed by atoms with E-state index in [0.717, 1.165) is 20.2 Å². The average Bonchev–Trinajstić information content (AvgIpc) is 2.56. The van der Waals surface area contributed by atoms with Gasteiger partial charge in [-0.15, -0.1) is 0 Å². The van der Waals surface area contributed by atoms with Crippen LogP contribution < -0.4 is 10.3 Å². The van der Waals surface area contributed by atoms with Gasteiger partial charge in [-0.1, -0.05) is 4.05 Å².